The van der Waals surface area contributed by atoms with Crippen molar-refractivity contribution in [3.05, 3.63) is 0 Å². The zero-order valence-electron chi connectivity index (χ0n) is 12.5. The van der Waals surface area contributed by atoms with E-state index in [1.54, 1.807) is 11.8 Å². The third-order valence-corrected chi connectivity index (χ3v) is 6.75. The summed E-state index contributed by atoms with van der Waals surface area (Å²) in [5, 5.41) is 3.28. The molecule has 1 saturated carbocycles. The first kappa shape index (κ1) is 16.6. The lowest BCUT2D eigenvalue weighted by Crippen LogP contribution is -2.47. The van der Waals surface area contributed by atoms with Gasteiger partial charge >= 0.3 is 0 Å². The third-order valence-electron chi connectivity index (χ3n) is 4.07. The van der Waals surface area contributed by atoms with Gasteiger partial charge in [0.25, 0.3) is 0 Å². The molecule has 118 valence electrons. The first-order chi connectivity index (χ1) is 9.57. The zero-order chi connectivity index (χ0) is 14.4. The molecule has 6 heteroatoms. The Morgan fingerprint density at radius 3 is 2.65 bits per heavy atom. The fourth-order valence-corrected chi connectivity index (χ4v) is 5.63. The lowest BCUT2D eigenvalue weighted by atomic mass is 10.2. The number of hydrogen-bond acceptors (Lipinski definition) is 5. The molecule has 0 aromatic rings. The first-order valence-corrected chi connectivity index (χ1v) is 10.9. The molecule has 2 rings (SSSR count). The van der Waals surface area contributed by atoms with E-state index in [0.717, 1.165) is 43.6 Å². The maximum absolute atomic E-state index is 11.8. The van der Waals surface area contributed by atoms with Crippen LogP contribution < -0.4 is 5.32 Å². The molecule has 1 aliphatic carbocycles. The van der Waals surface area contributed by atoms with Gasteiger partial charge in [-0.2, -0.15) is 11.8 Å². The van der Waals surface area contributed by atoms with Crippen LogP contribution in [-0.4, -0.2) is 62.1 Å². The maximum atomic E-state index is 11.8. The molecule has 2 fully saturated rings. The SMILES string of the molecule is CS(=O)(=O)C1CSCCN1CCCCCCNC1CC1. The molecule has 1 unspecified atom stereocenters. The first-order valence-electron chi connectivity index (χ1n) is 7.81. The van der Waals surface area contributed by atoms with Crippen molar-refractivity contribution in [3.63, 3.8) is 0 Å². The van der Waals surface area contributed by atoms with Gasteiger partial charge in [0.05, 0.1) is 0 Å². The van der Waals surface area contributed by atoms with Crippen LogP contribution in [0.3, 0.4) is 0 Å². The Kier molecular flexibility index (Phi) is 6.65. The summed E-state index contributed by atoms with van der Waals surface area (Å²) in [6, 6.07) is 0.816. The highest BCUT2D eigenvalue weighted by Crippen LogP contribution is 2.21. The Balaban J connectivity index is 1.56. The Labute approximate surface area is 128 Å². The van der Waals surface area contributed by atoms with Crippen LogP contribution in [0.15, 0.2) is 0 Å². The number of hydrogen-bond donors (Lipinski definition) is 1. The van der Waals surface area contributed by atoms with E-state index in [4.69, 9.17) is 0 Å². The van der Waals surface area contributed by atoms with E-state index in [2.05, 4.69) is 10.2 Å². The summed E-state index contributed by atoms with van der Waals surface area (Å²) in [4.78, 5) is 2.17. The number of rotatable bonds is 9. The van der Waals surface area contributed by atoms with Crippen molar-refractivity contribution in [1.82, 2.24) is 10.2 Å². The number of sulfone groups is 1. The van der Waals surface area contributed by atoms with E-state index in [-0.39, 0.29) is 5.37 Å². The molecule has 0 aromatic heterocycles. The lowest BCUT2D eigenvalue weighted by Gasteiger charge is -2.33. The summed E-state index contributed by atoms with van der Waals surface area (Å²) in [5.74, 6) is 1.81. The van der Waals surface area contributed by atoms with E-state index in [1.165, 1.54) is 38.4 Å². The highest BCUT2D eigenvalue weighted by molar-refractivity contribution is 8.00. The van der Waals surface area contributed by atoms with Crippen LogP contribution in [0.5, 0.6) is 0 Å². The van der Waals surface area contributed by atoms with Crippen molar-refractivity contribution in [2.45, 2.75) is 49.9 Å². The van der Waals surface area contributed by atoms with Crippen molar-refractivity contribution in [2.75, 3.05) is 37.4 Å². The van der Waals surface area contributed by atoms with E-state index in [0.29, 0.717) is 0 Å². The van der Waals surface area contributed by atoms with Crippen LogP contribution in [0.2, 0.25) is 0 Å². The van der Waals surface area contributed by atoms with Gasteiger partial charge in [-0.3, -0.25) is 4.90 Å². The van der Waals surface area contributed by atoms with Gasteiger partial charge in [0, 0.05) is 30.3 Å². The highest BCUT2D eigenvalue weighted by Gasteiger charge is 2.30. The van der Waals surface area contributed by atoms with Crippen LogP contribution in [0.4, 0.5) is 0 Å². The van der Waals surface area contributed by atoms with Gasteiger partial charge in [0.1, 0.15) is 5.37 Å². The predicted molar refractivity (Wildman–Crippen MR) is 87.0 cm³/mol. The van der Waals surface area contributed by atoms with E-state index < -0.39 is 9.84 Å². The van der Waals surface area contributed by atoms with Gasteiger partial charge in [0.2, 0.25) is 0 Å². The minimum absolute atomic E-state index is 0.252. The summed E-state index contributed by atoms with van der Waals surface area (Å²) in [5.41, 5.74) is 0. The molecule has 0 radical (unpaired) electrons. The van der Waals surface area contributed by atoms with E-state index >= 15 is 0 Å². The summed E-state index contributed by atoms with van der Waals surface area (Å²) in [6.45, 7) is 3.01. The monoisotopic (exact) mass is 320 g/mol. The van der Waals surface area contributed by atoms with Gasteiger partial charge < -0.3 is 5.32 Å². The Morgan fingerprint density at radius 2 is 1.95 bits per heavy atom. The lowest BCUT2D eigenvalue weighted by molar-refractivity contribution is 0.264. The fourth-order valence-electron chi connectivity index (χ4n) is 2.65. The Hall–Kier alpha value is 0.220. The minimum Gasteiger partial charge on any atom is -0.314 e. The molecular weight excluding hydrogens is 292 g/mol. The molecule has 0 bridgehead atoms. The van der Waals surface area contributed by atoms with Gasteiger partial charge in [0.15, 0.2) is 9.84 Å². The molecule has 0 aromatic carbocycles. The summed E-state index contributed by atoms with van der Waals surface area (Å²) in [6.07, 6.45) is 8.94. The molecule has 0 spiro atoms. The van der Waals surface area contributed by atoms with Crippen LogP contribution in [0.25, 0.3) is 0 Å². The second kappa shape index (κ2) is 8.01. The number of thioether (sulfide) groups is 1. The maximum Gasteiger partial charge on any atom is 0.164 e. The molecule has 20 heavy (non-hydrogen) atoms. The second-order valence-corrected chi connectivity index (χ2v) is 9.39. The fraction of sp³-hybridized carbons (Fsp3) is 1.00. The second-order valence-electron chi connectivity index (χ2n) is 6.04. The average molecular weight is 321 g/mol. The molecular formula is C14H28N2O2S2. The van der Waals surface area contributed by atoms with Gasteiger partial charge in [-0.1, -0.05) is 12.8 Å². The van der Waals surface area contributed by atoms with Crippen LogP contribution in [0, 0.1) is 0 Å². The Morgan fingerprint density at radius 1 is 1.20 bits per heavy atom. The average Bonchev–Trinajstić information content (AvgIpc) is 3.21. The van der Waals surface area contributed by atoms with Crippen LogP contribution in [0.1, 0.15) is 38.5 Å². The van der Waals surface area contributed by atoms with Crippen molar-refractivity contribution < 1.29 is 8.42 Å². The van der Waals surface area contributed by atoms with Crippen molar-refractivity contribution in [1.29, 1.82) is 0 Å². The largest absolute Gasteiger partial charge is 0.314 e. The molecule has 1 heterocycles. The topological polar surface area (TPSA) is 49.4 Å². The zero-order valence-corrected chi connectivity index (χ0v) is 14.1. The summed E-state index contributed by atoms with van der Waals surface area (Å²) < 4.78 is 23.6. The highest BCUT2D eigenvalue weighted by atomic mass is 32.2. The molecule has 0 amide bonds. The predicted octanol–water partition coefficient (Wildman–Crippen LogP) is 1.72. The summed E-state index contributed by atoms with van der Waals surface area (Å²) >= 11 is 1.76. The number of unbranched alkanes of at least 4 members (excludes halogenated alkanes) is 3. The van der Waals surface area contributed by atoms with Gasteiger partial charge in [-0.15, -0.1) is 0 Å². The van der Waals surface area contributed by atoms with Crippen molar-refractivity contribution in [3.8, 4) is 0 Å². The van der Waals surface area contributed by atoms with E-state index in [9.17, 15) is 8.42 Å². The minimum atomic E-state index is -2.93. The Bertz CT molecular complexity index is 383. The quantitative estimate of drug-likeness (QED) is 0.656. The van der Waals surface area contributed by atoms with Gasteiger partial charge in [-0.05, 0) is 38.8 Å². The number of nitrogens with one attached hydrogen (secondary N) is 1. The molecule has 1 aliphatic heterocycles. The normalized spacial score (nSPS) is 24.9. The summed E-state index contributed by atoms with van der Waals surface area (Å²) in [7, 11) is -2.93. The molecule has 1 atom stereocenters. The standard InChI is InChI=1S/C14H28N2O2S2/c1-20(17,18)14-12-19-11-10-16(14)9-5-3-2-4-8-15-13-6-7-13/h13-15H,2-12H2,1H3. The van der Waals surface area contributed by atoms with E-state index in [1.807, 2.05) is 0 Å². The van der Waals surface area contributed by atoms with Crippen molar-refractivity contribution >= 4 is 21.6 Å². The van der Waals surface area contributed by atoms with Crippen LogP contribution in [-0.2, 0) is 9.84 Å². The smallest absolute Gasteiger partial charge is 0.164 e. The molecule has 1 saturated heterocycles. The molecule has 2 aliphatic rings. The van der Waals surface area contributed by atoms with Crippen molar-refractivity contribution in [2.24, 2.45) is 0 Å². The van der Waals surface area contributed by atoms with Crippen LogP contribution >= 0.6 is 11.8 Å². The number of nitrogens with zero attached hydrogens (tertiary/aromatic N) is 1. The molecule has 1 N–H and O–H groups in total. The van der Waals surface area contributed by atoms with Gasteiger partial charge in [-0.25, -0.2) is 8.42 Å². The molecule has 4 nitrogen and oxygen atoms in total. The third kappa shape index (κ3) is 5.92.